The van der Waals surface area contributed by atoms with Crippen molar-refractivity contribution in [1.82, 2.24) is 4.98 Å². The monoisotopic (exact) mass is 420 g/mol. The molecule has 1 aromatic heterocycles. The topological polar surface area (TPSA) is 93.6 Å². The first-order valence-electron chi connectivity index (χ1n) is 8.94. The Kier molecular flexibility index (Phi) is 4.93. The van der Waals surface area contributed by atoms with Gasteiger partial charge in [-0.2, -0.15) is 0 Å². The first kappa shape index (κ1) is 19.5. The van der Waals surface area contributed by atoms with Crippen LogP contribution in [0.2, 0.25) is 0 Å². The molecule has 0 saturated heterocycles. The fraction of sp³-hybridized carbons (Fsp3) is 0.0455. The Morgan fingerprint density at radius 2 is 1.70 bits per heavy atom. The van der Waals surface area contributed by atoms with Gasteiger partial charge >= 0.3 is 5.97 Å². The van der Waals surface area contributed by atoms with E-state index in [0.717, 1.165) is 4.31 Å². The van der Waals surface area contributed by atoms with Crippen molar-refractivity contribution < 1.29 is 22.7 Å². The molecule has 0 atom stereocenters. The lowest BCUT2D eigenvalue weighted by molar-refractivity contribution is 0.0600. The predicted molar refractivity (Wildman–Crippen MR) is 110 cm³/mol. The average Bonchev–Trinajstić information content (AvgIpc) is 3.06. The number of methoxy groups -OCH3 is 1. The Hall–Kier alpha value is -3.78. The van der Waals surface area contributed by atoms with Crippen LogP contribution >= 0.6 is 0 Å². The number of hydrogen-bond acceptors (Lipinski definition) is 6. The van der Waals surface area contributed by atoms with E-state index >= 15 is 0 Å². The number of nitrogens with zero attached hydrogens (tertiary/aromatic N) is 2. The number of benzene rings is 2. The summed E-state index contributed by atoms with van der Waals surface area (Å²) in [5, 5.41) is 0. The number of Topliss-reactive ketones (excluding diaryl/α,β-unsaturated/α-hetero) is 1. The van der Waals surface area contributed by atoms with Crippen molar-refractivity contribution in [3.05, 3.63) is 95.3 Å². The highest BCUT2D eigenvalue weighted by Crippen LogP contribution is 2.38. The van der Waals surface area contributed by atoms with Gasteiger partial charge in [-0.1, -0.05) is 36.4 Å². The molecule has 0 aliphatic carbocycles. The molecular weight excluding hydrogens is 404 g/mol. The summed E-state index contributed by atoms with van der Waals surface area (Å²) in [5.41, 5.74) is 0.609. The zero-order valence-corrected chi connectivity index (χ0v) is 16.7. The van der Waals surface area contributed by atoms with Crippen LogP contribution in [0.5, 0.6) is 0 Å². The molecule has 7 nitrogen and oxygen atoms in total. The molecule has 2 aromatic carbocycles. The lowest BCUT2D eigenvalue weighted by Crippen LogP contribution is -2.29. The van der Waals surface area contributed by atoms with E-state index < -0.39 is 21.8 Å². The normalized spacial score (nSPS) is 14.6. The van der Waals surface area contributed by atoms with E-state index in [0.29, 0.717) is 5.56 Å². The highest BCUT2D eigenvalue weighted by molar-refractivity contribution is 7.93. The van der Waals surface area contributed by atoms with Crippen LogP contribution in [0.15, 0.2) is 83.5 Å². The molecule has 0 unspecified atom stereocenters. The van der Waals surface area contributed by atoms with Crippen molar-refractivity contribution in [2.45, 2.75) is 4.90 Å². The molecule has 0 fully saturated rings. The Labute approximate surface area is 173 Å². The molecular formula is C22H16N2O5S. The van der Waals surface area contributed by atoms with E-state index in [1.165, 1.54) is 37.6 Å². The smallest absolute Gasteiger partial charge is 0.338 e. The number of hydrogen-bond donors (Lipinski definition) is 0. The Morgan fingerprint density at radius 3 is 2.43 bits per heavy atom. The van der Waals surface area contributed by atoms with E-state index in [4.69, 9.17) is 4.74 Å². The molecule has 0 spiro atoms. The van der Waals surface area contributed by atoms with Gasteiger partial charge in [-0.25, -0.2) is 22.5 Å². The number of rotatable bonds is 4. The minimum Gasteiger partial charge on any atom is -0.465 e. The van der Waals surface area contributed by atoms with Crippen LogP contribution in [0.1, 0.15) is 26.3 Å². The quantitative estimate of drug-likeness (QED) is 0.475. The van der Waals surface area contributed by atoms with Crippen molar-refractivity contribution in [2.75, 3.05) is 11.4 Å². The predicted octanol–water partition coefficient (Wildman–Crippen LogP) is 3.30. The molecule has 1 aliphatic heterocycles. The van der Waals surface area contributed by atoms with Gasteiger partial charge in [-0.05, 0) is 42.0 Å². The maximum absolute atomic E-state index is 13.4. The van der Waals surface area contributed by atoms with Gasteiger partial charge in [0.05, 0.1) is 23.1 Å². The third-order valence-electron chi connectivity index (χ3n) is 4.61. The lowest BCUT2D eigenvalue weighted by atomic mass is 10.1. The van der Waals surface area contributed by atoms with Crippen LogP contribution < -0.4 is 4.31 Å². The van der Waals surface area contributed by atoms with Crippen LogP contribution in [-0.2, 0) is 14.8 Å². The number of allylic oxidation sites excluding steroid dienone is 1. The molecule has 1 aliphatic rings. The minimum absolute atomic E-state index is 0.0171. The summed E-state index contributed by atoms with van der Waals surface area (Å²) < 4.78 is 32.6. The first-order chi connectivity index (χ1) is 14.4. The Balaban J connectivity index is 1.95. The number of ketones is 1. The first-order valence-corrected chi connectivity index (χ1v) is 10.4. The summed E-state index contributed by atoms with van der Waals surface area (Å²) in [6.07, 6.45) is 2.79. The van der Waals surface area contributed by atoms with Crippen molar-refractivity contribution in [2.24, 2.45) is 0 Å². The highest BCUT2D eigenvalue weighted by Gasteiger charge is 2.41. The fourth-order valence-corrected chi connectivity index (χ4v) is 4.69. The van der Waals surface area contributed by atoms with Gasteiger partial charge in [0, 0.05) is 6.20 Å². The van der Waals surface area contributed by atoms with Crippen LogP contribution in [0.3, 0.4) is 0 Å². The van der Waals surface area contributed by atoms with Crippen LogP contribution in [0.25, 0.3) is 6.08 Å². The van der Waals surface area contributed by atoms with Crippen molar-refractivity contribution in [3.63, 3.8) is 0 Å². The van der Waals surface area contributed by atoms with Gasteiger partial charge in [-0.3, -0.25) is 4.79 Å². The van der Waals surface area contributed by atoms with E-state index in [1.54, 1.807) is 48.5 Å². The largest absolute Gasteiger partial charge is 0.465 e. The number of aromatic nitrogens is 1. The maximum atomic E-state index is 13.4. The summed E-state index contributed by atoms with van der Waals surface area (Å²) in [6, 6.07) is 17.3. The molecule has 0 radical (unpaired) electrons. The second kappa shape index (κ2) is 7.57. The molecule has 0 amide bonds. The van der Waals surface area contributed by atoms with Crippen molar-refractivity contribution in [3.8, 4) is 0 Å². The fourth-order valence-electron chi connectivity index (χ4n) is 3.21. The average molecular weight is 420 g/mol. The summed E-state index contributed by atoms with van der Waals surface area (Å²) in [7, 11) is -2.88. The number of carbonyl (C=O) groups excluding carboxylic acids is 2. The maximum Gasteiger partial charge on any atom is 0.338 e. The lowest BCUT2D eigenvalue weighted by Gasteiger charge is -2.19. The number of pyridine rings is 1. The molecule has 150 valence electrons. The summed E-state index contributed by atoms with van der Waals surface area (Å²) in [6.45, 7) is 0. The van der Waals surface area contributed by atoms with Gasteiger partial charge in [0.15, 0.2) is 5.82 Å². The molecule has 3 aromatic rings. The number of ether oxygens (including phenoxy) is 1. The van der Waals surface area contributed by atoms with E-state index in [2.05, 4.69) is 4.98 Å². The van der Waals surface area contributed by atoms with Crippen LogP contribution in [-0.4, -0.2) is 32.3 Å². The number of carbonyl (C=O) groups is 2. The molecule has 4 rings (SSSR count). The van der Waals surface area contributed by atoms with Crippen LogP contribution in [0.4, 0.5) is 5.82 Å². The summed E-state index contributed by atoms with van der Waals surface area (Å²) in [5.74, 6) is -1.08. The van der Waals surface area contributed by atoms with Gasteiger partial charge < -0.3 is 4.74 Å². The molecule has 0 bridgehead atoms. The Morgan fingerprint density at radius 1 is 1.00 bits per heavy atom. The zero-order valence-electron chi connectivity index (χ0n) is 15.8. The standard InChI is InChI=1S/C22H16N2O5S/c1-29-22(26)17-11-6-5-8-15(17)14-19-20(25)18-12-7-13-23-21(18)24(19)30(27,28)16-9-3-2-4-10-16/h2-14H,1H3/b19-14+. The van der Waals surface area contributed by atoms with Crippen molar-refractivity contribution in [1.29, 1.82) is 0 Å². The zero-order chi connectivity index (χ0) is 21.3. The summed E-state index contributed by atoms with van der Waals surface area (Å²) in [4.78, 5) is 29.4. The van der Waals surface area contributed by atoms with E-state index in [-0.39, 0.29) is 27.5 Å². The van der Waals surface area contributed by atoms with Crippen LogP contribution in [0, 0.1) is 0 Å². The molecule has 2 heterocycles. The SMILES string of the molecule is COC(=O)c1ccccc1/C=C1\C(=O)c2cccnc2N1S(=O)(=O)c1ccccc1. The number of fused-ring (bicyclic) bond motifs is 1. The molecule has 8 heteroatoms. The van der Waals surface area contributed by atoms with E-state index in [9.17, 15) is 18.0 Å². The number of esters is 1. The number of anilines is 1. The van der Waals surface area contributed by atoms with Gasteiger partial charge in [-0.15, -0.1) is 0 Å². The summed E-state index contributed by atoms with van der Waals surface area (Å²) >= 11 is 0. The van der Waals surface area contributed by atoms with Crippen molar-refractivity contribution >= 4 is 33.7 Å². The van der Waals surface area contributed by atoms with Gasteiger partial charge in [0.1, 0.15) is 5.70 Å². The minimum atomic E-state index is -4.13. The molecule has 0 N–H and O–H groups in total. The van der Waals surface area contributed by atoms with Gasteiger partial charge in [0.25, 0.3) is 10.0 Å². The van der Waals surface area contributed by atoms with Gasteiger partial charge in [0.2, 0.25) is 5.78 Å². The third-order valence-corrected chi connectivity index (χ3v) is 6.33. The number of sulfonamides is 1. The third kappa shape index (κ3) is 3.17. The molecule has 30 heavy (non-hydrogen) atoms. The Bertz CT molecular complexity index is 1280. The highest BCUT2D eigenvalue weighted by atomic mass is 32.2. The second-order valence-corrected chi connectivity index (χ2v) is 8.18. The second-order valence-electron chi connectivity index (χ2n) is 6.39. The molecule has 0 saturated carbocycles. The van der Waals surface area contributed by atoms with E-state index in [1.807, 2.05) is 0 Å².